The van der Waals surface area contributed by atoms with Crippen molar-refractivity contribution >= 4 is 5.91 Å². The molecule has 1 saturated heterocycles. The molecule has 0 saturated carbocycles. The minimum absolute atomic E-state index is 0.0470. The second kappa shape index (κ2) is 8.01. The fourth-order valence-electron chi connectivity index (χ4n) is 3.09. The number of nitrogens with zero attached hydrogens (tertiary/aromatic N) is 5. The predicted octanol–water partition coefficient (Wildman–Crippen LogP) is 1.09. The van der Waals surface area contributed by atoms with Gasteiger partial charge in [-0.2, -0.15) is 5.10 Å². The highest BCUT2D eigenvalue weighted by molar-refractivity contribution is 5.79. The molecule has 1 aliphatic heterocycles. The number of rotatable bonds is 6. The number of amides is 1. The van der Waals surface area contributed by atoms with Crippen LogP contribution in [0.1, 0.15) is 25.5 Å². The molecule has 0 spiro atoms. The molecule has 1 amide bonds. The maximum atomic E-state index is 12.4. The molecule has 1 unspecified atom stereocenters. The van der Waals surface area contributed by atoms with Gasteiger partial charge in [-0.3, -0.25) is 19.4 Å². The molecule has 3 heterocycles. The summed E-state index contributed by atoms with van der Waals surface area (Å²) in [6, 6.07) is 6.04. The van der Waals surface area contributed by atoms with E-state index in [1.165, 1.54) is 6.33 Å². The minimum atomic E-state index is 0.0470. The molecule has 3 rings (SSSR count). The number of nitrogens with one attached hydrogen (secondary N) is 1. The van der Waals surface area contributed by atoms with Crippen molar-refractivity contribution in [2.75, 3.05) is 13.1 Å². The average Bonchev–Trinajstić information content (AvgIpc) is 3.09. The second-order valence-corrected chi connectivity index (χ2v) is 6.40. The zero-order chi connectivity index (χ0) is 16.8. The highest BCUT2D eigenvalue weighted by Crippen LogP contribution is 2.19. The van der Waals surface area contributed by atoms with Crippen molar-refractivity contribution < 1.29 is 4.79 Å². The van der Waals surface area contributed by atoms with Crippen LogP contribution in [0, 0.1) is 5.92 Å². The van der Waals surface area contributed by atoms with Gasteiger partial charge in [-0.25, -0.2) is 4.98 Å². The third-order valence-electron chi connectivity index (χ3n) is 4.39. The molecular weight excluding hydrogens is 304 g/mol. The lowest BCUT2D eigenvalue weighted by atomic mass is 9.95. The monoisotopic (exact) mass is 328 g/mol. The van der Waals surface area contributed by atoms with Gasteiger partial charge in [-0.05, 0) is 45.0 Å². The van der Waals surface area contributed by atoms with E-state index >= 15 is 0 Å². The van der Waals surface area contributed by atoms with Crippen LogP contribution >= 0.6 is 0 Å². The number of hydrogen-bond donors (Lipinski definition) is 1. The van der Waals surface area contributed by atoms with Crippen LogP contribution in [0.2, 0.25) is 0 Å². The van der Waals surface area contributed by atoms with E-state index in [9.17, 15) is 4.79 Å². The van der Waals surface area contributed by atoms with E-state index in [1.807, 2.05) is 31.3 Å². The summed E-state index contributed by atoms with van der Waals surface area (Å²) >= 11 is 0. The number of hydrogen-bond acceptors (Lipinski definition) is 5. The molecule has 0 bridgehead atoms. The van der Waals surface area contributed by atoms with Crippen LogP contribution in [0.4, 0.5) is 0 Å². The maximum absolute atomic E-state index is 12.4. The van der Waals surface area contributed by atoms with Crippen molar-refractivity contribution in [1.82, 2.24) is 30.0 Å². The Bertz CT molecular complexity index is 622. The van der Waals surface area contributed by atoms with Crippen molar-refractivity contribution in [1.29, 1.82) is 0 Å². The van der Waals surface area contributed by atoms with Crippen molar-refractivity contribution in [3.8, 4) is 0 Å². The number of pyridine rings is 1. The first-order valence-corrected chi connectivity index (χ1v) is 8.46. The normalized spacial score (nSPS) is 17.5. The van der Waals surface area contributed by atoms with Crippen LogP contribution in [-0.2, 0) is 17.9 Å². The third kappa shape index (κ3) is 4.61. The van der Waals surface area contributed by atoms with Gasteiger partial charge >= 0.3 is 0 Å². The zero-order valence-corrected chi connectivity index (χ0v) is 14.0. The lowest BCUT2D eigenvalue weighted by Crippen LogP contribution is -2.44. The Labute approximate surface area is 142 Å². The van der Waals surface area contributed by atoms with Gasteiger partial charge in [0.05, 0.1) is 12.2 Å². The van der Waals surface area contributed by atoms with E-state index in [1.54, 1.807) is 11.0 Å². The Morgan fingerprint density at radius 2 is 2.21 bits per heavy atom. The molecule has 1 N–H and O–H groups in total. The first-order valence-electron chi connectivity index (χ1n) is 8.46. The average molecular weight is 328 g/mol. The van der Waals surface area contributed by atoms with Crippen molar-refractivity contribution in [2.45, 2.75) is 38.9 Å². The Hall–Kier alpha value is -2.28. The zero-order valence-electron chi connectivity index (χ0n) is 14.0. The molecule has 2 aromatic heterocycles. The first-order chi connectivity index (χ1) is 11.7. The third-order valence-corrected chi connectivity index (χ3v) is 4.39. The van der Waals surface area contributed by atoms with Crippen LogP contribution in [0.25, 0.3) is 0 Å². The van der Waals surface area contributed by atoms with Crippen LogP contribution in [-0.4, -0.2) is 49.7 Å². The Kier molecular flexibility index (Phi) is 5.53. The quantitative estimate of drug-likeness (QED) is 0.859. The molecule has 1 aliphatic rings. The van der Waals surface area contributed by atoms with Gasteiger partial charge in [-0.1, -0.05) is 6.07 Å². The maximum Gasteiger partial charge on any atom is 0.223 e. The number of carbonyl (C=O) groups is 1. The Balaban J connectivity index is 1.41. The van der Waals surface area contributed by atoms with E-state index in [4.69, 9.17) is 0 Å². The summed E-state index contributed by atoms with van der Waals surface area (Å²) in [4.78, 5) is 23.1. The van der Waals surface area contributed by atoms with Gasteiger partial charge in [0.2, 0.25) is 5.91 Å². The van der Waals surface area contributed by atoms with Gasteiger partial charge in [0.25, 0.3) is 0 Å². The lowest BCUT2D eigenvalue weighted by Gasteiger charge is -2.31. The Morgan fingerprint density at radius 3 is 2.88 bits per heavy atom. The lowest BCUT2D eigenvalue weighted by molar-refractivity contribution is -0.127. The molecule has 1 fully saturated rings. The SMILES string of the molecule is CC(Cn1cncn1)NC(=O)C1CCN(Cc2ccccn2)CC1. The topological polar surface area (TPSA) is 75.9 Å². The van der Waals surface area contributed by atoms with E-state index in [0.29, 0.717) is 6.54 Å². The van der Waals surface area contributed by atoms with Gasteiger partial charge < -0.3 is 5.32 Å². The van der Waals surface area contributed by atoms with Gasteiger partial charge in [0, 0.05) is 24.7 Å². The highest BCUT2D eigenvalue weighted by atomic mass is 16.1. The van der Waals surface area contributed by atoms with Crippen LogP contribution in [0.15, 0.2) is 37.1 Å². The summed E-state index contributed by atoms with van der Waals surface area (Å²) < 4.78 is 1.74. The largest absolute Gasteiger partial charge is 0.352 e. The van der Waals surface area contributed by atoms with E-state index in [0.717, 1.165) is 38.2 Å². The van der Waals surface area contributed by atoms with E-state index < -0.39 is 0 Å². The van der Waals surface area contributed by atoms with Crippen LogP contribution in [0.3, 0.4) is 0 Å². The van der Waals surface area contributed by atoms with Gasteiger partial charge in [0.15, 0.2) is 0 Å². The number of aromatic nitrogens is 4. The van der Waals surface area contributed by atoms with Crippen molar-refractivity contribution in [2.24, 2.45) is 5.92 Å². The Morgan fingerprint density at radius 1 is 1.38 bits per heavy atom. The highest BCUT2D eigenvalue weighted by Gasteiger charge is 2.25. The molecular formula is C17H24N6O. The smallest absolute Gasteiger partial charge is 0.223 e. The molecule has 0 aromatic carbocycles. The summed E-state index contributed by atoms with van der Waals surface area (Å²) in [5.41, 5.74) is 1.09. The summed E-state index contributed by atoms with van der Waals surface area (Å²) in [5.74, 6) is 0.253. The fourth-order valence-corrected chi connectivity index (χ4v) is 3.09. The summed E-state index contributed by atoms with van der Waals surface area (Å²) in [5, 5.41) is 7.16. The number of carbonyl (C=O) groups excluding carboxylic acids is 1. The molecule has 1 atom stereocenters. The van der Waals surface area contributed by atoms with Gasteiger partial charge in [0.1, 0.15) is 12.7 Å². The first kappa shape index (κ1) is 16.6. The van der Waals surface area contributed by atoms with E-state index in [2.05, 4.69) is 25.3 Å². The molecule has 128 valence electrons. The second-order valence-electron chi connectivity index (χ2n) is 6.40. The van der Waals surface area contributed by atoms with Crippen LogP contribution < -0.4 is 5.32 Å². The summed E-state index contributed by atoms with van der Waals surface area (Å²) in [6.07, 6.45) is 6.79. The number of piperidine rings is 1. The van der Waals surface area contributed by atoms with Crippen molar-refractivity contribution in [3.63, 3.8) is 0 Å². The number of likely N-dealkylation sites (tertiary alicyclic amines) is 1. The fraction of sp³-hybridized carbons (Fsp3) is 0.529. The predicted molar refractivity (Wildman–Crippen MR) is 89.9 cm³/mol. The van der Waals surface area contributed by atoms with Gasteiger partial charge in [-0.15, -0.1) is 0 Å². The van der Waals surface area contributed by atoms with Crippen molar-refractivity contribution in [3.05, 3.63) is 42.7 Å². The van der Waals surface area contributed by atoms with Crippen LogP contribution in [0.5, 0.6) is 0 Å². The molecule has 0 radical (unpaired) electrons. The molecule has 2 aromatic rings. The molecule has 24 heavy (non-hydrogen) atoms. The summed E-state index contributed by atoms with van der Waals surface area (Å²) in [6.45, 7) is 5.37. The summed E-state index contributed by atoms with van der Waals surface area (Å²) in [7, 11) is 0. The minimum Gasteiger partial charge on any atom is -0.352 e. The molecule has 0 aliphatic carbocycles. The van der Waals surface area contributed by atoms with E-state index in [-0.39, 0.29) is 17.9 Å². The molecule has 7 heteroatoms. The molecule has 7 nitrogen and oxygen atoms in total. The standard InChI is InChI=1S/C17H24N6O/c1-14(10-23-13-18-12-20-23)21-17(24)15-5-8-22(9-6-15)11-16-4-2-3-7-19-16/h2-4,7,12-15H,5-6,8-11H2,1H3,(H,21,24).